The molecule has 0 bridgehead atoms. The Morgan fingerprint density at radius 1 is 1.04 bits per heavy atom. The summed E-state index contributed by atoms with van der Waals surface area (Å²) in [5.74, 6) is 2.29. The van der Waals surface area contributed by atoms with Crippen LogP contribution >= 0.6 is 0 Å². The summed E-state index contributed by atoms with van der Waals surface area (Å²) in [7, 11) is 1.66. The highest BCUT2D eigenvalue weighted by Gasteiger charge is 2.38. The van der Waals surface area contributed by atoms with Gasteiger partial charge in [-0.25, -0.2) is 4.79 Å². The van der Waals surface area contributed by atoms with Crippen molar-refractivity contribution in [3.05, 3.63) is 77.9 Å². The van der Waals surface area contributed by atoms with E-state index in [-0.39, 0.29) is 18.6 Å². The van der Waals surface area contributed by atoms with Gasteiger partial charge in [0.05, 0.1) is 45.5 Å². The minimum Gasteiger partial charge on any atom is -0.496 e. The Hall–Kier alpha value is -4.62. The molecule has 2 aliphatic heterocycles. The molecular formula is C38H48N4O6. The van der Waals surface area contributed by atoms with Crippen molar-refractivity contribution in [2.24, 2.45) is 0 Å². The van der Waals surface area contributed by atoms with E-state index in [9.17, 15) is 10.1 Å². The lowest BCUT2D eigenvalue weighted by Gasteiger charge is -2.45. The number of ether oxygens (including phenoxy) is 5. The van der Waals surface area contributed by atoms with E-state index in [1.807, 2.05) is 81.4 Å². The molecule has 3 aromatic rings. The number of nitrogens with zero attached hydrogens (tertiary/aromatic N) is 3. The molecule has 10 heteroatoms. The molecule has 1 saturated heterocycles. The zero-order chi connectivity index (χ0) is 33.9. The van der Waals surface area contributed by atoms with Crippen LogP contribution in [0.3, 0.4) is 0 Å². The first-order valence-corrected chi connectivity index (χ1v) is 16.8. The van der Waals surface area contributed by atoms with Crippen molar-refractivity contribution in [3.8, 4) is 23.3 Å². The average molecular weight is 657 g/mol. The van der Waals surface area contributed by atoms with Gasteiger partial charge in [0.2, 0.25) is 0 Å². The van der Waals surface area contributed by atoms with Crippen LogP contribution in [0.5, 0.6) is 17.2 Å². The standard InChI is InChI=1S/C38H48N4O6/c1-38(2,3)48-37(43)41-21-22-42(34(26-41)36(18-19-39)47-32-15-12-28-10-7-20-40-33(28)25-32)30-13-16-31(17-14-30)46-24-8-23-45-27-29-9-5-6-11-35(29)44-4/h5-6,9,11-17,25,34,36,40H,7-8,10,18,20-24,26-27H2,1-4H3/t34-,36?/m1/s1. The van der Waals surface area contributed by atoms with E-state index in [2.05, 4.69) is 22.4 Å². The summed E-state index contributed by atoms with van der Waals surface area (Å²) < 4.78 is 29.5. The van der Waals surface area contributed by atoms with Gasteiger partial charge in [-0.05, 0) is 75.6 Å². The Bertz CT molecular complexity index is 1530. The molecule has 256 valence electrons. The lowest BCUT2D eigenvalue weighted by atomic mass is 10.0. The van der Waals surface area contributed by atoms with Crippen LogP contribution in [0.15, 0.2) is 66.7 Å². The Kier molecular flexibility index (Phi) is 11.9. The summed E-state index contributed by atoms with van der Waals surface area (Å²) >= 11 is 0. The van der Waals surface area contributed by atoms with Gasteiger partial charge >= 0.3 is 6.09 Å². The van der Waals surface area contributed by atoms with Crippen LogP contribution in [-0.4, -0.2) is 75.2 Å². The van der Waals surface area contributed by atoms with Crippen LogP contribution in [0, 0.1) is 11.3 Å². The first-order chi connectivity index (χ1) is 23.2. The molecule has 2 atom stereocenters. The van der Waals surface area contributed by atoms with Gasteiger partial charge in [-0.15, -0.1) is 0 Å². The molecule has 0 aromatic heterocycles. The number of methoxy groups -OCH3 is 1. The van der Waals surface area contributed by atoms with Gasteiger partial charge in [0, 0.05) is 55.6 Å². The maximum absolute atomic E-state index is 13.2. The molecule has 0 aliphatic carbocycles. The van der Waals surface area contributed by atoms with Gasteiger partial charge < -0.3 is 38.8 Å². The first-order valence-electron chi connectivity index (χ1n) is 16.8. The van der Waals surface area contributed by atoms with E-state index < -0.39 is 11.7 Å². The number of nitrogens with one attached hydrogen (secondary N) is 1. The number of benzene rings is 3. The summed E-state index contributed by atoms with van der Waals surface area (Å²) in [5, 5.41) is 13.3. The fourth-order valence-electron chi connectivity index (χ4n) is 6.06. The molecule has 1 amide bonds. The second kappa shape index (κ2) is 16.5. The molecule has 48 heavy (non-hydrogen) atoms. The van der Waals surface area contributed by atoms with Crippen molar-refractivity contribution < 1.29 is 28.5 Å². The number of carbonyl (C=O) groups excluding carboxylic acids is 1. The summed E-state index contributed by atoms with van der Waals surface area (Å²) in [5.41, 5.74) is 3.71. The first kappa shape index (κ1) is 34.7. The minimum atomic E-state index is -0.611. The van der Waals surface area contributed by atoms with Crippen molar-refractivity contribution in [3.63, 3.8) is 0 Å². The fourth-order valence-corrected chi connectivity index (χ4v) is 6.06. The summed E-state index contributed by atoms with van der Waals surface area (Å²) in [4.78, 5) is 17.1. The van der Waals surface area contributed by atoms with Gasteiger partial charge in [0.15, 0.2) is 0 Å². The number of nitriles is 1. The number of amides is 1. The molecule has 2 heterocycles. The van der Waals surface area contributed by atoms with E-state index >= 15 is 0 Å². The van der Waals surface area contributed by atoms with Crippen LogP contribution in [0.2, 0.25) is 0 Å². The van der Waals surface area contributed by atoms with E-state index in [0.29, 0.717) is 45.2 Å². The average Bonchev–Trinajstić information content (AvgIpc) is 3.09. The summed E-state index contributed by atoms with van der Waals surface area (Å²) in [6, 6.07) is 23.9. The van der Waals surface area contributed by atoms with Gasteiger partial charge in [-0.3, -0.25) is 0 Å². The number of rotatable bonds is 13. The SMILES string of the molecule is COc1ccccc1COCCCOc1ccc(N2CCN(C(=O)OC(C)(C)C)C[C@@H]2C(CC#N)Oc2ccc3c(c2)NCCC3)cc1. The molecule has 0 saturated carbocycles. The van der Waals surface area contributed by atoms with Crippen LogP contribution in [-0.2, 0) is 22.5 Å². The van der Waals surface area contributed by atoms with Crippen LogP contribution in [0.25, 0.3) is 0 Å². The number of hydrogen-bond acceptors (Lipinski definition) is 9. The lowest BCUT2D eigenvalue weighted by Crippen LogP contribution is -2.60. The topological polar surface area (TPSA) is 106 Å². The molecule has 0 spiro atoms. The lowest BCUT2D eigenvalue weighted by molar-refractivity contribution is 0.0168. The molecule has 10 nitrogen and oxygen atoms in total. The van der Waals surface area contributed by atoms with Crippen molar-refractivity contribution in [2.75, 3.05) is 56.7 Å². The van der Waals surface area contributed by atoms with Crippen LogP contribution in [0.1, 0.15) is 51.2 Å². The normalized spacial score (nSPS) is 16.6. The molecule has 1 unspecified atom stereocenters. The van der Waals surface area contributed by atoms with Crippen LogP contribution in [0.4, 0.5) is 16.2 Å². The number of hydrogen-bond donors (Lipinski definition) is 1. The largest absolute Gasteiger partial charge is 0.496 e. The predicted molar refractivity (Wildman–Crippen MR) is 186 cm³/mol. The number of carbonyl (C=O) groups is 1. The van der Waals surface area contributed by atoms with Gasteiger partial charge in [0.1, 0.15) is 29.0 Å². The Balaban J connectivity index is 1.24. The minimum absolute atomic E-state index is 0.161. The molecule has 0 radical (unpaired) electrons. The molecule has 1 fully saturated rings. The third kappa shape index (κ3) is 9.48. The highest BCUT2D eigenvalue weighted by Crippen LogP contribution is 2.31. The molecule has 2 aliphatic rings. The van der Waals surface area contributed by atoms with Gasteiger partial charge in [-0.2, -0.15) is 5.26 Å². The fraction of sp³-hybridized carbons (Fsp3) is 0.474. The second-order valence-electron chi connectivity index (χ2n) is 13.1. The Labute approximate surface area is 284 Å². The number of aryl methyl sites for hydroxylation is 1. The molecule has 5 rings (SSSR count). The van der Waals surface area contributed by atoms with Crippen molar-refractivity contribution >= 4 is 17.5 Å². The van der Waals surface area contributed by atoms with E-state index in [4.69, 9.17) is 23.7 Å². The number of piperazine rings is 1. The number of fused-ring (bicyclic) bond motifs is 1. The molecular weight excluding hydrogens is 608 g/mol. The summed E-state index contributed by atoms with van der Waals surface area (Å²) in [6.45, 7) is 9.51. The maximum atomic E-state index is 13.2. The van der Waals surface area contributed by atoms with E-state index in [1.54, 1.807) is 12.0 Å². The Morgan fingerprint density at radius 2 is 1.83 bits per heavy atom. The van der Waals surface area contributed by atoms with Gasteiger partial charge in [0.25, 0.3) is 0 Å². The van der Waals surface area contributed by atoms with Crippen molar-refractivity contribution in [2.45, 2.75) is 70.8 Å². The third-order valence-electron chi connectivity index (χ3n) is 8.42. The van der Waals surface area contributed by atoms with E-state index in [0.717, 1.165) is 54.2 Å². The quantitative estimate of drug-likeness (QED) is 0.198. The second-order valence-corrected chi connectivity index (χ2v) is 13.1. The number of anilines is 2. The third-order valence-corrected chi connectivity index (χ3v) is 8.42. The number of para-hydroxylation sites is 1. The van der Waals surface area contributed by atoms with Crippen molar-refractivity contribution in [1.82, 2.24) is 4.90 Å². The predicted octanol–water partition coefficient (Wildman–Crippen LogP) is 6.83. The summed E-state index contributed by atoms with van der Waals surface area (Å²) in [6.07, 6.45) is 2.18. The van der Waals surface area contributed by atoms with Gasteiger partial charge in [-0.1, -0.05) is 24.3 Å². The van der Waals surface area contributed by atoms with Crippen molar-refractivity contribution in [1.29, 1.82) is 5.26 Å². The molecule has 1 N–H and O–H groups in total. The highest BCUT2D eigenvalue weighted by atomic mass is 16.6. The molecule has 3 aromatic carbocycles. The zero-order valence-corrected chi connectivity index (χ0v) is 28.6. The zero-order valence-electron chi connectivity index (χ0n) is 28.6. The highest BCUT2D eigenvalue weighted by molar-refractivity contribution is 5.69. The Morgan fingerprint density at radius 3 is 2.60 bits per heavy atom. The smallest absolute Gasteiger partial charge is 0.410 e. The maximum Gasteiger partial charge on any atom is 0.410 e. The monoisotopic (exact) mass is 656 g/mol. The van der Waals surface area contributed by atoms with E-state index in [1.165, 1.54) is 5.56 Å². The van der Waals surface area contributed by atoms with Crippen LogP contribution < -0.4 is 24.4 Å².